The predicted molar refractivity (Wildman–Crippen MR) is 115 cm³/mol. The Morgan fingerprint density at radius 2 is 1.40 bits per heavy atom. The molecule has 0 aromatic heterocycles. The molecule has 0 unspecified atom stereocenters. The zero-order chi connectivity index (χ0) is 18.6. The third-order valence-corrected chi connectivity index (χ3v) is 5.07. The number of halogens is 5. The average molecular weight is 572 g/mol. The first-order valence-electron chi connectivity index (χ1n) is 8.35. The molecule has 2 aromatic rings. The standard InChI is InChI=1S/C20H21F3.I2/c1-12-3-5-14(6-4-12)15-7-8-17(20(23)9-15)16-10-18(21)13(2)19(22)11-16;1-2/h7-12,14H,3-6H2,1-2H3;. The van der Waals surface area contributed by atoms with E-state index in [1.54, 1.807) is 6.07 Å². The van der Waals surface area contributed by atoms with Gasteiger partial charge in [-0.15, -0.1) is 0 Å². The minimum absolute atomic E-state index is 0.0397. The number of hydrogen-bond acceptors (Lipinski definition) is 0. The molecular weight excluding hydrogens is 551 g/mol. The van der Waals surface area contributed by atoms with Gasteiger partial charge in [0, 0.05) is 48.4 Å². The maximum Gasteiger partial charge on any atom is 0.131 e. The van der Waals surface area contributed by atoms with Crippen molar-refractivity contribution in [1.29, 1.82) is 0 Å². The summed E-state index contributed by atoms with van der Waals surface area (Å²) in [4.78, 5) is 0. The summed E-state index contributed by atoms with van der Waals surface area (Å²) in [5.74, 6) is -0.576. The molecule has 0 bridgehead atoms. The molecule has 0 spiro atoms. The van der Waals surface area contributed by atoms with Crippen molar-refractivity contribution in [3.05, 3.63) is 58.9 Å². The molecule has 0 atom stereocenters. The van der Waals surface area contributed by atoms with E-state index in [1.807, 2.05) is 6.07 Å². The summed E-state index contributed by atoms with van der Waals surface area (Å²) in [6.07, 6.45) is 4.49. The zero-order valence-electron chi connectivity index (χ0n) is 14.3. The summed E-state index contributed by atoms with van der Waals surface area (Å²) < 4.78 is 41.9. The van der Waals surface area contributed by atoms with Crippen LogP contribution >= 0.6 is 37.2 Å². The van der Waals surface area contributed by atoms with Crippen molar-refractivity contribution in [2.45, 2.75) is 45.4 Å². The molecule has 0 N–H and O–H groups in total. The molecule has 1 saturated carbocycles. The molecule has 0 heterocycles. The molecular formula is C20H21F3I2. The average Bonchev–Trinajstić information content (AvgIpc) is 2.61. The van der Waals surface area contributed by atoms with Gasteiger partial charge in [-0.3, -0.25) is 0 Å². The van der Waals surface area contributed by atoms with Crippen molar-refractivity contribution in [3.8, 4) is 11.1 Å². The molecule has 1 aliphatic carbocycles. The first kappa shape index (κ1) is 21.0. The van der Waals surface area contributed by atoms with Crippen LogP contribution in [0.5, 0.6) is 0 Å². The molecule has 0 amide bonds. The second-order valence-corrected chi connectivity index (χ2v) is 6.76. The Morgan fingerprint density at radius 3 is 1.92 bits per heavy atom. The van der Waals surface area contributed by atoms with Crippen molar-refractivity contribution in [2.24, 2.45) is 5.92 Å². The van der Waals surface area contributed by atoms with Gasteiger partial charge in [0.25, 0.3) is 0 Å². The number of benzene rings is 2. The van der Waals surface area contributed by atoms with Gasteiger partial charge in [-0.1, -0.05) is 31.9 Å². The predicted octanol–water partition coefficient (Wildman–Crippen LogP) is 8.14. The van der Waals surface area contributed by atoms with Crippen molar-refractivity contribution in [1.82, 2.24) is 0 Å². The normalized spacial score (nSPS) is 20.0. The van der Waals surface area contributed by atoms with Crippen LogP contribution in [0, 0.1) is 30.3 Å². The van der Waals surface area contributed by atoms with Crippen LogP contribution in [0.25, 0.3) is 11.1 Å². The summed E-state index contributed by atoms with van der Waals surface area (Å²) in [7, 11) is 0. The lowest BCUT2D eigenvalue weighted by Gasteiger charge is -2.26. The van der Waals surface area contributed by atoms with Crippen molar-refractivity contribution in [2.75, 3.05) is 0 Å². The fourth-order valence-corrected chi connectivity index (χ4v) is 3.41. The zero-order valence-corrected chi connectivity index (χ0v) is 18.6. The number of hydrogen-bond donors (Lipinski definition) is 0. The molecule has 5 heteroatoms. The van der Waals surface area contributed by atoms with Crippen molar-refractivity contribution >= 4 is 37.2 Å². The monoisotopic (exact) mass is 572 g/mol. The minimum Gasteiger partial charge on any atom is -0.207 e. The fourth-order valence-electron chi connectivity index (χ4n) is 3.41. The highest BCUT2D eigenvalue weighted by Gasteiger charge is 2.21. The maximum absolute atomic E-state index is 14.5. The van der Waals surface area contributed by atoms with E-state index in [0.717, 1.165) is 24.3 Å². The van der Waals surface area contributed by atoms with E-state index in [9.17, 15) is 13.2 Å². The van der Waals surface area contributed by atoms with Crippen LogP contribution in [0.2, 0.25) is 0 Å². The lowest BCUT2D eigenvalue weighted by atomic mass is 9.79. The highest BCUT2D eigenvalue weighted by atomic mass is 128. The molecule has 0 saturated heterocycles. The van der Waals surface area contributed by atoms with Gasteiger partial charge in [0.05, 0.1) is 0 Å². The van der Waals surface area contributed by atoms with Gasteiger partial charge in [-0.2, -0.15) is 0 Å². The summed E-state index contributed by atoms with van der Waals surface area (Å²) in [6, 6.07) is 7.46. The Hall–Kier alpha value is -0.310. The van der Waals surface area contributed by atoms with Gasteiger partial charge >= 0.3 is 0 Å². The van der Waals surface area contributed by atoms with E-state index in [4.69, 9.17) is 0 Å². The van der Waals surface area contributed by atoms with Crippen LogP contribution in [-0.4, -0.2) is 0 Å². The lowest BCUT2D eigenvalue weighted by molar-refractivity contribution is 0.347. The largest absolute Gasteiger partial charge is 0.207 e. The van der Waals surface area contributed by atoms with E-state index in [0.29, 0.717) is 5.92 Å². The third-order valence-electron chi connectivity index (χ3n) is 5.07. The highest BCUT2D eigenvalue weighted by molar-refractivity contribution is 15.0. The maximum atomic E-state index is 14.5. The Kier molecular flexibility index (Phi) is 8.04. The van der Waals surface area contributed by atoms with E-state index in [1.165, 1.54) is 38.0 Å². The number of rotatable bonds is 2. The molecule has 25 heavy (non-hydrogen) atoms. The van der Waals surface area contributed by atoms with E-state index in [-0.39, 0.29) is 16.7 Å². The molecule has 0 aliphatic heterocycles. The minimum atomic E-state index is -0.648. The van der Waals surface area contributed by atoms with E-state index >= 15 is 0 Å². The Labute approximate surface area is 170 Å². The first-order valence-corrected chi connectivity index (χ1v) is 14.6. The molecule has 0 radical (unpaired) electrons. The summed E-state index contributed by atoms with van der Waals surface area (Å²) in [5.41, 5.74) is 1.44. The Balaban J connectivity index is 0.00000109. The summed E-state index contributed by atoms with van der Waals surface area (Å²) in [5, 5.41) is 0. The molecule has 136 valence electrons. The summed E-state index contributed by atoms with van der Waals surface area (Å²) in [6.45, 7) is 3.62. The molecule has 2 aromatic carbocycles. The third kappa shape index (κ3) is 5.11. The van der Waals surface area contributed by atoms with Gasteiger partial charge in [0.2, 0.25) is 0 Å². The van der Waals surface area contributed by atoms with Gasteiger partial charge in [-0.25, -0.2) is 13.2 Å². The Bertz CT molecular complexity index is 700. The molecule has 3 rings (SSSR count). The van der Waals surface area contributed by atoms with Gasteiger partial charge < -0.3 is 0 Å². The second kappa shape index (κ2) is 9.58. The highest BCUT2D eigenvalue weighted by Crippen LogP contribution is 2.37. The Morgan fingerprint density at radius 1 is 0.840 bits per heavy atom. The molecule has 1 aliphatic rings. The van der Waals surface area contributed by atoms with Crippen molar-refractivity contribution < 1.29 is 13.2 Å². The van der Waals surface area contributed by atoms with Crippen LogP contribution in [-0.2, 0) is 0 Å². The van der Waals surface area contributed by atoms with Crippen LogP contribution in [0.15, 0.2) is 30.3 Å². The van der Waals surface area contributed by atoms with Crippen LogP contribution in [0.3, 0.4) is 0 Å². The van der Waals surface area contributed by atoms with Gasteiger partial charge in [0.1, 0.15) is 17.5 Å². The van der Waals surface area contributed by atoms with E-state index < -0.39 is 17.5 Å². The summed E-state index contributed by atoms with van der Waals surface area (Å²) >= 11 is 4.24. The van der Waals surface area contributed by atoms with Crippen LogP contribution in [0.4, 0.5) is 13.2 Å². The van der Waals surface area contributed by atoms with Crippen LogP contribution in [0.1, 0.15) is 49.7 Å². The molecule has 0 nitrogen and oxygen atoms in total. The SMILES string of the molecule is Cc1c(F)cc(-c2ccc(C3CCC(C)CC3)cc2F)cc1F.II. The van der Waals surface area contributed by atoms with Crippen molar-refractivity contribution in [3.63, 3.8) is 0 Å². The van der Waals surface area contributed by atoms with Gasteiger partial charge in [0.15, 0.2) is 0 Å². The smallest absolute Gasteiger partial charge is 0.131 e. The molecule has 1 fully saturated rings. The quantitative estimate of drug-likeness (QED) is 0.319. The second-order valence-electron chi connectivity index (χ2n) is 6.76. The fraction of sp³-hybridized carbons (Fsp3) is 0.400. The topological polar surface area (TPSA) is 0 Å². The van der Waals surface area contributed by atoms with Crippen LogP contribution < -0.4 is 0 Å². The van der Waals surface area contributed by atoms with Gasteiger partial charge in [-0.05, 0) is 60.9 Å². The first-order chi connectivity index (χ1) is 12.0. The lowest BCUT2D eigenvalue weighted by Crippen LogP contribution is -2.11. The van der Waals surface area contributed by atoms with E-state index in [2.05, 4.69) is 44.2 Å².